The van der Waals surface area contributed by atoms with Gasteiger partial charge in [0.05, 0.1) is 11.2 Å². The van der Waals surface area contributed by atoms with Gasteiger partial charge in [-0.05, 0) is 50.4 Å². The predicted octanol–water partition coefficient (Wildman–Crippen LogP) is 1.93. The van der Waals surface area contributed by atoms with Crippen LogP contribution in [0, 0.1) is 5.92 Å². The standard InChI is InChI=1S/C18H21NO3/c1-19-8-7-18-11-4-5-13(20)17(18)22-16-14(21-2)6-3-10(15(16)18)9-12(11)19/h3,6,11-12,17H,4-5,7-9H2,1-2H3/t11-,12+,17-,18-/m0/s1/i2D,3D,6D. The van der Waals surface area contributed by atoms with Crippen molar-refractivity contribution in [3.63, 3.8) is 0 Å². The number of methoxy groups -OCH3 is 1. The van der Waals surface area contributed by atoms with Gasteiger partial charge in [-0.1, -0.05) is 6.04 Å². The summed E-state index contributed by atoms with van der Waals surface area (Å²) < 4.78 is 35.8. The van der Waals surface area contributed by atoms with E-state index in [1.165, 1.54) is 0 Å². The first-order valence-electron chi connectivity index (χ1n) is 9.69. The Kier molecular flexibility index (Phi) is 1.89. The molecule has 4 aliphatic rings. The number of piperidine rings is 1. The van der Waals surface area contributed by atoms with Gasteiger partial charge in [-0.2, -0.15) is 0 Å². The molecule has 2 aliphatic carbocycles. The van der Waals surface area contributed by atoms with E-state index in [9.17, 15) is 4.79 Å². The third kappa shape index (κ3) is 1.27. The lowest BCUT2D eigenvalue weighted by Crippen LogP contribution is -2.65. The van der Waals surface area contributed by atoms with E-state index in [0.29, 0.717) is 18.1 Å². The van der Waals surface area contributed by atoms with Crippen molar-refractivity contribution in [3.05, 3.63) is 23.2 Å². The first-order valence-corrected chi connectivity index (χ1v) is 7.98. The van der Waals surface area contributed by atoms with Gasteiger partial charge >= 0.3 is 0 Å². The second-order valence-corrected chi connectivity index (χ2v) is 7.06. The third-order valence-corrected chi connectivity index (χ3v) is 6.35. The summed E-state index contributed by atoms with van der Waals surface area (Å²) >= 11 is 0. The zero-order valence-electron chi connectivity index (χ0n) is 15.6. The minimum absolute atomic E-state index is 0.0253. The van der Waals surface area contributed by atoms with Gasteiger partial charge in [-0.3, -0.25) is 4.79 Å². The fraction of sp³-hybridized carbons (Fsp3) is 0.611. The molecular weight excluding hydrogens is 278 g/mol. The van der Waals surface area contributed by atoms with Gasteiger partial charge in [-0.25, -0.2) is 0 Å². The maximum absolute atomic E-state index is 12.7. The molecule has 2 fully saturated rings. The molecule has 0 radical (unpaired) electrons. The van der Waals surface area contributed by atoms with E-state index in [-0.39, 0.29) is 42.2 Å². The number of carbonyl (C=O) groups is 1. The van der Waals surface area contributed by atoms with Gasteiger partial charge in [0.25, 0.3) is 0 Å². The fourth-order valence-electron chi connectivity index (χ4n) is 5.45. The van der Waals surface area contributed by atoms with E-state index in [1.807, 2.05) is 0 Å². The largest absolute Gasteiger partial charge is 0.493 e. The van der Waals surface area contributed by atoms with Crippen LogP contribution in [0.25, 0.3) is 0 Å². The molecule has 0 N–H and O–H groups in total. The van der Waals surface area contributed by atoms with Crippen molar-refractivity contribution in [3.8, 4) is 11.5 Å². The minimum atomic E-state index is -0.522. The van der Waals surface area contributed by atoms with Crippen LogP contribution < -0.4 is 9.47 Å². The Bertz CT molecular complexity index is 799. The second kappa shape index (κ2) is 4.05. The predicted molar refractivity (Wildman–Crippen MR) is 81.6 cm³/mol. The van der Waals surface area contributed by atoms with Gasteiger partial charge in [0.15, 0.2) is 23.4 Å². The van der Waals surface area contributed by atoms with Gasteiger partial charge in [0.2, 0.25) is 0 Å². The lowest BCUT2D eigenvalue weighted by atomic mass is 9.52. The molecule has 2 heterocycles. The molecule has 0 unspecified atom stereocenters. The minimum Gasteiger partial charge on any atom is -0.493 e. The first-order chi connectivity index (χ1) is 12.0. The van der Waals surface area contributed by atoms with Crippen LogP contribution in [0.1, 0.15) is 34.5 Å². The average Bonchev–Trinajstić information content (AvgIpc) is 2.94. The fourth-order valence-corrected chi connectivity index (χ4v) is 5.45. The van der Waals surface area contributed by atoms with E-state index in [4.69, 9.17) is 13.6 Å². The summed E-state index contributed by atoms with van der Waals surface area (Å²) in [5.41, 5.74) is 1.42. The van der Waals surface area contributed by atoms with Crippen molar-refractivity contribution in [2.24, 2.45) is 5.92 Å². The number of likely N-dealkylation sites (tertiary alicyclic amines) is 1. The lowest BCUT2D eigenvalue weighted by molar-refractivity contribution is -0.138. The highest BCUT2D eigenvalue weighted by Gasteiger charge is 2.65. The van der Waals surface area contributed by atoms with Crippen LogP contribution >= 0.6 is 0 Å². The van der Waals surface area contributed by atoms with E-state index in [1.54, 1.807) is 0 Å². The molecule has 1 spiro atoms. The molecular formula is C18H21NO3. The summed E-state index contributed by atoms with van der Waals surface area (Å²) in [6, 6.07) is 0.433. The molecule has 22 heavy (non-hydrogen) atoms. The van der Waals surface area contributed by atoms with Crippen molar-refractivity contribution in [1.29, 1.82) is 0 Å². The molecule has 1 aromatic rings. The molecule has 4 heteroatoms. The molecule has 4 nitrogen and oxygen atoms in total. The highest BCUT2D eigenvalue weighted by Crippen LogP contribution is 2.62. The lowest BCUT2D eigenvalue weighted by Gasteiger charge is -2.57. The summed E-state index contributed by atoms with van der Waals surface area (Å²) in [6.45, 7) is 0.901. The molecule has 2 bridgehead atoms. The monoisotopic (exact) mass is 302 g/mol. The molecule has 0 amide bonds. The van der Waals surface area contributed by atoms with Crippen molar-refractivity contribution >= 4 is 5.78 Å². The average molecular weight is 302 g/mol. The SMILES string of the molecule is [2H]COc1c([2H])c([2H])c2c3c1O[C@H]1C(=O)CC[C@H]4[C@@H](C2)N(C)CC[C@]314. The van der Waals surface area contributed by atoms with Crippen LogP contribution in [-0.4, -0.2) is 43.5 Å². The summed E-state index contributed by atoms with van der Waals surface area (Å²) in [5, 5.41) is 0. The number of nitrogens with zero attached hydrogens (tertiary/aromatic N) is 1. The molecule has 1 saturated heterocycles. The van der Waals surface area contributed by atoms with E-state index in [0.717, 1.165) is 36.9 Å². The van der Waals surface area contributed by atoms with E-state index >= 15 is 0 Å². The van der Waals surface area contributed by atoms with Gasteiger partial charge in [-0.15, -0.1) is 0 Å². The Hall–Kier alpha value is -1.55. The Morgan fingerprint density at radius 1 is 1.55 bits per heavy atom. The van der Waals surface area contributed by atoms with E-state index < -0.39 is 6.10 Å². The number of hydrogen-bond acceptors (Lipinski definition) is 4. The number of ether oxygens (including phenoxy) is 2. The second-order valence-electron chi connectivity index (χ2n) is 7.06. The van der Waals surface area contributed by atoms with Gasteiger partial charge in [0.1, 0.15) is 0 Å². The Labute approximate surface area is 134 Å². The Morgan fingerprint density at radius 3 is 3.32 bits per heavy atom. The van der Waals surface area contributed by atoms with Crippen molar-refractivity contribution in [2.75, 3.05) is 20.7 Å². The zero-order chi connectivity index (χ0) is 17.5. The normalized spacial score (nSPS) is 40.3. The molecule has 5 rings (SSSR count). The quantitative estimate of drug-likeness (QED) is 0.794. The number of likely N-dealkylation sites (N-methyl/N-ethyl adjacent to an activating group) is 1. The summed E-state index contributed by atoms with van der Waals surface area (Å²) in [5.74, 6) is 1.10. The summed E-state index contributed by atoms with van der Waals surface area (Å²) in [7, 11) is 1.79. The van der Waals surface area contributed by atoms with Crippen LogP contribution in [0.4, 0.5) is 0 Å². The molecule has 0 aromatic heterocycles. The maximum Gasteiger partial charge on any atom is 0.174 e. The number of hydrogen-bond donors (Lipinski definition) is 0. The van der Waals surface area contributed by atoms with Crippen LogP contribution in [0.2, 0.25) is 0 Å². The Balaban J connectivity index is 1.84. The molecule has 116 valence electrons. The molecule has 4 atom stereocenters. The highest BCUT2D eigenvalue weighted by atomic mass is 16.5. The number of carbonyl (C=O) groups excluding carboxylic acids is 1. The van der Waals surface area contributed by atoms with Crippen LogP contribution in [0.5, 0.6) is 11.5 Å². The van der Waals surface area contributed by atoms with Gasteiger partial charge < -0.3 is 14.4 Å². The smallest absolute Gasteiger partial charge is 0.174 e. The third-order valence-electron chi connectivity index (χ3n) is 6.35. The molecule has 1 saturated carbocycles. The highest BCUT2D eigenvalue weighted by molar-refractivity contribution is 5.89. The van der Waals surface area contributed by atoms with Crippen molar-refractivity contribution < 1.29 is 18.4 Å². The summed E-state index contributed by atoms with van der Waals surface area (Å²) in [4.78, 5) is 15.1. The number of ketones is 1. The zero-order valence-corrected chi connectivity index (χ0v) is 12.6. The molecule has 2 aliphatic heterocycles. The van der Waals surface area contributed by atoms with Crippen molar-refractivity contribution in [1.82, 2.24) is 4.90 Å². The number of rotatable bonds is 1. The summed E-state index contributed by atoms with van der Waals surface area (Å²) in [6.07, 6.45) is 2.42. The number of benzene rings is 1. The Morgan fingerprint density at radius 2 is 2.45 bits per heavy atom. The first kappa shape index (κ1) is 10.3. The number of Topliss-reactive ketones (excluding diaryl/α,β-unsaturated/α-hetero) is 1. The van der Waals surface area contributed by atoms with Crippen molar-refractivity contribution in [2.45, 2.75) is 43.2 Å². The van der Waals surface area contributed by atoms with Crippen LogP contribution in [-0.2, 0) is 16.6 Å². The maximum atomic E-state index is 12.7. The van der Waals surface area contributed by atoms with Crippen LogP contribution in [0.15, 0.2) is 12.1 Å². The van der Waals surface area contributed by atoms with Gasteiger partial charge in [0, 0.05) is 23.4 Å². The van der Waals surface area contributed by atoms with Crippen LogP contribution in [0.3, 0.4) is 0 Å². The molecule has 1 aromatic carbocycles. The topological polar surface area (TPSA) is 38.8 Å². The van der Waals surface area contributed by atoms with E-state index in [2.05, 4.69) is 11.9 Å².